The third kappa shape index (κ3) is 5.34. The van der Waals surface area contributed by atoms with Crippen LogP contribution in [0.3, 0.4) is 0 Å². The zero-order valence-electron chi connectivity index (χ0n) is 27.6. The molecule has 8 bridgehead atoms. The van der Waals surface area contributed by atoms with Crippen LogP contribution in [-0.4, -0.2) is 43.1 Å². The van der Waals surface area contributed by atoms with Gasteiger partial charge in [0.25, 0.3) is 0 Å². The number of carbonyl (C=O) groups excluding carboxylic acids is 4. The zero-order valence-corrected chi connectivity index (χ0v) is 27.6. The van der Waals surface area contributed by atoms with Crippen molar-refractivity contribution >= 4 is 80.7 Å². The molecule has 2 aromatic carbocycles. The Morgan fingerprint density at radius 3 is 1.46 bits per heavy atom. The van der Waals surface area contributed by atoms with Gasteiger partial charge in [-0.25, -0.2) is 9.97 Å². The molecule has 0 saturated heterocycles. The maximum Gasteiger partial charge on any atom is 0.226 e. The number of nitrogens with zero attached hydrogens (tertiary/aromatic N) is 2. The zero-order chi connectivity index (χ0) is 35.3. The highest BCUT2D eigenvalue weighted by Gasteiger charge is 2.25. The normalized spacial score (nSPS) is 15.3. The van der Waals surface area contributed by atoms with Crippen molar-refractivity contribution in [3.05, 3.63) is 143 Å². The van der Waals surface area contributed by atoms with E-state index in [1.165, 1.54) is 12.2 Å². The first-order chi connectivity index (χ1) is 25.4. The van der Waals surface area contributed by atoms with E-state index in [1.807, 2.05) is 115 Å². The number of aromatic amines is 2. The molecule has 0 amide bonds. The molecule has 9 rings (SSSR count). The van der Waals surface area contributed by atoms with Gasteiger partial charge in [-0.3, -0.25) is 19.2 Å². The second-order valence-electron chi connectivity index (χ2n) is 12.9. The van der Waals surface area contributed by atoms with E-state index in [0.717, 1.165) is 49.9 Å². The summed E-state index contributed by atoms with van der Waals surface area (Å²) in [4.78, 5) is 67.6. The minimum absolute atomic E-state index is 0.0139. The minimum atomic E-state index is -0.595. The molecule has 5 heterocycles. The first kappa shape index (κ1) is 31.0. The van der Waals surface area contributed by atoms with Crippen LogP contribution >= 0.6 is 0 Å². The molecule has 52 heavy (non-hydrogen) atoms. The van der Waals surface area contributed by atoms with Gasteiger partial charge in [-0.2, -0.15) is 0 Å². The molecule has 2 N–H and O–H groups in total. The third-order valence-electron chi connectivity index (χ3n) is 9.63. The lowest BCUT2D eigenvalue weighted by molar-refractivity contribution is -0.135. The van der Waals surface area contributed by atoms with Crippen LogP contribution in [0.2, 0.25) is 0 Å². The van der Waals surface area contributed by atoms with Gasteiger partial charge in [0.1, 0.15) is 0 Å². The van der Waals surface area contributed by atoms with Crippen molar-refractivity contribution in [1.29, 1.82) is 0 Å². The van der Waals surface area contributed by atoms with Gasteiger partial charge < -0.3 is 9.97 Å². The van der Waals surface area contributed by atoms with Gasteiger partial charge in [0.2, 0.25) is 23.1 Å². The van der Waals surface area contributed by atoms with E-state index in [-0.39, 0.29) is 12.8 Å². The van der Waals surface area contributed by atoms with Crippen molar-refractivity contribution in [3.8, 4) is 22.3 Å². The highest BCUT2D eigenvalue weighted by atomic mass is 16.2. The van der Waals surface area contributed by atoms with Gasteiger partial charge in [-0.1, -0.05) is 72.8 Å². The maximum atomic E-state index is 12.8. The number of hydrogen-bond acceptors (Lipinski definition) is 6. The molecule has 4 aliphatic rings. The molecule has 2 aliphatic carbocycles. The van der Waals surface area contributed by atoms with E-state index in [9.17, 15) is 19.2 Å². The molecule has 0 atom stereocenters. The Morgan fingerprint density at radius 1 is 0.462 bits per heavy atom. The standard InChI is InChI=1S/C44H28N4O4/c49-37-21-11-27(23-39(37)51)43-33-17-13-29(45-33)41(25-7-3-1-4-8-25)30-14-18-34(46-30)44(28-12-22-38(50)40(52)24-28)36-20-16-32(48-36)42(26-9-5-2-6-10-26)31-15-19-35(43)47-31/h1-21,23,45,48H,22,24H2. The predicted octanol–water partition coefficient (Wildman–Crippen LogP) is 8.40. The van der Waals surface area contributed by atoms with Crippen LogP contribution in [0, 0.1) is 0 Å². The van der Waals surface area contributed by atoms with Crippen molar-refractivity contribution in [2.24, 2.45) is 0 Å². The van der Waals surface area contributed by atoms with E-state index >= 15 is 0 Å². The summed E-state index contributed by atoms with van der Waals surface area (Å²) in [6.45, 7) is 0. The molecular weight excluding hydrogens is 649 g/mol. The van der Waals surface area contributed by atoms with Crippen LogP contribution in [0.4, 0.5) is 0 Å². The van der Waals surface area contributed by atoms with E-state index in [2.05, 4.69) is 9.97 Å². The van der Waals surface area contributed by atoms with Crippen LogP contribution in [0.15, 0.2) is 109 Å². The fourth-order valence-electron chi connectivity index (χ4n) is 7.19. The van der Waals surface area contributed by atoms with Gasteiger partial charge >= 0.3 is 0 Å². The number of ketones is 4. The minimum Gasteiger partial charge on any atom is -0.354 e. The number of hydrogen-bond donors (Lipinski definition) is 2. The quantitative estimate of drug-likeness (QED) is 0.143. The number of fused-ring (bicyclic) bond motifs is 8. The molecule has 0 spiro atoms. The van der Waals surface area contributed by atoms with Crippen molar-refractivity contribution in [2.45, 2.75) is 12.8 Å². The van der Waals surface area contributed by atoms with Gasteiger partial charge in [0.15, 0.2) is 0 Å². The topological polar surface area (TPSA) is 126 Å². The van der Waals surface area contributed by atoms with E-state index in [1.54, 1.807) is 6.08 Å². The van der Waals surface area contributed by atoms with Crippen molar-refractivity contribution in [1.82, 2.24) is 19.9 Å². The Balaban J connectivity index is 1.46. The summed E-state index contributed by atoms with van der Waals surface area (Å²) < 4.78 is 0. The van der Waals surface area contributed by atoms with E-state index < -0.39 is 23.1 Å². The Labute approximate surface area is 297 Å². The lowest BCUT2D eigenvalue weighted by Crippen LogP contribution is -2.17. The third-order valence-corrected chi connectivity index (χ3v) is 9.63. The first-order valence-electron chi connectivity index (χ1n) is 16.9. The summed E-state index contributed by atoms with van der Waals surface area (Å²) >= 11 is 0. The largest absolute Gasteiger partial charge is 0.354 e. The van der Waals surface area contributed by atoms with Crippen molar-refractivity contribution in [3.63, 3.8) is 0 Å². The highest BCUT2D eigenvalue weighted by molar-refractivity contribution is 6.48. The van der Waals surface area contributed by atoms with Crippen molar-refractivity contribution in [2.75, 3.05) is 0 Å². The summed E-state index contributed by atoms with van der Waals surface area (Å²) in [5.74, 6) is -1.98. The fraction of sp³-hybridized carbons (Fsp3) is 0.0455. The number of carbonyl (C=O) groups is 4. The molecule has 2 aliphatic heterocycles. The average Bonchev–Trinajstić information content (AvgIpc) is 4.00. The fourth-order valence-corrected chi connectivity index (χ4v) is 7.19. The van der Waals surface area contributed by atoms with Crippen molar-refractivity contribution < 1.29 is 19.2 Å². The number of rotatable bonds is 4. The maximum absolute atomic E-state index is 12.8. The number of Topliss-reactive ketones (excluding diaryl/α,β-unsaturated/α-hetero) is 2. The Morgan fingerprint density at radius 2 is 0.942 bits per heavy atom. The monoisotopic (exact) mass is 676 g/mol. The molecule has 5 aromatic rings. The average molecular weight is 677 g/mol. The van der Waals surface area contributed by atoms with Crippen LogP contribution < -0.4 is 0 Å². The van der Waals surface area contributed by atoms with Gasteiger partial charge in [0.05, 0.1) is 22.8 Å². The lowest BCUT2D eigenvalue weighted by Gasteiger charge is -2.13. The Bertz CT molecular complexity index is 2700. The summed E-state index contributed by atoms with van der Waals surface area (Å²) in [5.41, 5.74) is 12.0. The number of aromatic nitrogens is 4. The molecule has 0 unspecified atom stereocenters. The summed E-state index contributed by atoms with van der Waals surface area (Å²) in [6, 6.07) is 27.8. The second kappa shape index (κ2) is 12.4. The molecule has 0 fully saturated rings. The van der Waals surface area contributed by atoms with Crippen LogP contribution in [-0.2, 0) is 19.2 Å². The molecule has 3 aromatic heterocycles. The molecule has 0 radical (unpaired) electrons. The summed E-state index contributed by atoms with van der Waals surface area (Å²) in [6.07, 6.45) is 14.0. The molecular formula is C44H28N4O4. The smallest absolute Gasteiger partial charge is 0.226 e. The number of allylic oxidation sites excluding steroid dienone is 6. The van der Waals surface area contributed by atoms with Gasteiger partial charge in [0, 0.05) is 57.2 Å². The number of H-pyrrole nitrogens is 2. The van der Waals surface area contributed by atoms with E-state index in [0.29, 0.717) is 39.4 Å². The predicted molar refractivity (Wildman–Crippen MR) is 204 cm³/mol. The Hall–Kier alpha value is -7.06. The van der Waals surface area contributed by atoms with Crippen LogP contribution in [0.25, 0.3) is 79.8 Å². The second-order valence-corrected chi connectivity index (χ2v) is 12.9. The van der Waals surface area contributed by atoms with Crippen LogP contribution in [0.1, 0.15) is 46.7 Å². The summed E-state index contributed by atoms with van der Waals surface area (Å²) in [5, 5.41) is 0. The molecule has 248 valence electrons. The van der Waals surface area contributed by atoms with E-state index in [4.69, 9.17) is 9.97 Å². The first-order valence-corrected chi connectivity index (χ1v) is 16.9. The lowest BCUT2D eigenvalue weighted by atomic mass is 9.91. The van der Waals surface area contributed by atoms with Gasteiger partial charge in [-0.05, 0) is 83.0 Å². The highest BCUT2D eigenvalue weighted by Crippen LogP contribution is 2.38. The molecule has 8 heteroatoms. The Kier molecular flexibility index (Phi) is 7.36. The molecule has 8 nitrogen and oxygen atoms in total. The summed E-state index contributed by atoms with van der Waals surface area (Å²) in [7, 11) is 0. The SMILES string of the molecule is O=C1C=CC(c2c3nc(c(-c4ccccc4)c4ccc([nH]4)c(C4=CCC(=O)C(=O)C4)c4nc(c(-c5ccccc5)c5ccc2[nH]5)C=C4)C=C3)=CC1=O. The molecule has 0 saturated carbocycles. The van der Waals surface area contributed by atoms with Crippen LogP contribution in [0.5, 0.6) is 0 Å². The number of benzene rings is 2. The van der Waals surface area contributed by atoms with Gasteiger partial charge in [-0.15, -0.1) is 0 Å². The number of nitrogens with one attached hydrogen (secondary N) is 2.